The molecule has 0 aliphatic rings. The van der Waals surface area contributed by atoms with Crippen molar-refractivity contribution in [2.24, 2.45) is 0 Å². The van der Waals surface area contributed by atoms with Crippen LogP contribution in [0.5, 0.6) is 0 Å². The van der Waals surface area contributed by atoms with Gasteiger partial charge < -0.3 is 0 Å². The molecule has 0 aliphatic carbocycles. The third kappa shape index (κ3) is 2.55. The third-order valence-electron chi connectivity index (χ3n) is 2.41. The van der Waals surface area contributed by atoms with Crippen molar-refractivity contribution in [1.82, 2.24) is 5.32 Å². The van der Waals surface area contributed by atoms with Gasteiger partial charge in [0.05, 0.1) is 11.4 Å². The van der Waals surface area contributed by atoms with E-state index in [1.807, 2.05) is 36.4 Å². The second-order valence-corrected chi connectivity index (χ2v) is 3.57. The summed E-state index contributed by atoms with van der Waals surface area (Å²) < 4.78 is 0. The standard InChI is InChI=1S/C14H12N2O2/c17-11-15-14(18)16(12-7-3-1-4-8-12)13-9-5-2-6-10-13/h1-11H,(H,15,17,18). The third-order valence-corrected chi connectivity index (χ3v) is 2.41. The van der Waals surface area contributed by atoms with Crippen LogP contribution in [0.3, 0.4) is 0 Å². The smallest absolute Gasteiger partial charge is 0.280 e. The van der Waals surface area contributed by atoms with Crippen LogP contribution in [0, 0.1) is 0 Å². The van der Waals surface area contributed by atoms with Gasteiger partial charge in [-0.05, 0) is 24.3 Å². The summed E-state index contributed by atoms with van der Waals surface area (Å²) in [7, 11) is 0. The lowest BCUT2D eigenvalue weighted by Gasteiger charge is -2.21. The molecule has 2 rings (SSSR count). The van der Waals surface area contributed by atoms with Gasteiger partial charge in [-0.15, -0.1) is 0 Å². The fourth-order valence-corrected chi connectivity index (χ4v) is 1.65. The topological polar surface area (TPSA) is 49.4 Å². The first-order valence-corrected chi connectivity index (χ1v) is 5.47. The number of urea groups is 1. The summed E-state index contributed by atoms with van der Waals surface area (Å²) in [6, 6.07) is 17.8. The Hall–Kier alpha value is -2.62. The molecule has 0 aromatic heterocycles. The first-order valence-electron chi connectivity index (χ1n) is 5.47. The lowest BCUT2D eigenvalue weighted by atomic mass is 10.2. The summed E-state index contributed by atoms with van der Waals surface area (Å²) in [5, 5.41) is 2.15. The van der Waals surface area contributed by atoms with Gasteiger partial charge >= 0.3 is 6.03 Å². The maximum atomic E-state index is 11.9. The molecule has 0 unspecified atom stereocenters. The Morgan fingerprint density at radius 3 is 1.72 bits per heavy atom. The summed E-state index contributed by atoms with van der Waals surface area (Å²) >= 11 is 0. The summed E-state index contributed by atoms with van der Waals surface area (Å²) in [6.45, 7) is 0. The molecule has 90 valence electrons. The van der Waals surface area contributed by atoms with Crippen LogP contribution in [0.2, 0.25) is 0 Å². The number of nitrogens with zero attached hydrogens (tertiary/aromatic N) is 1. The average Bonchev–Trinajstić information content (AvgIpc) is 2.42. The zero-order valence-corrected chi connectivity index (χ0v) is 9.61. The normalized spacial score (nSPS) is 9.56. The van der Waals surface area contributed by atoms with Crippen molar-refractivity contribution in [3.05, 3.63) is 60.7 Å². The monoisotopic (exact) mass is 240 g/mol. The quantitative estimate of drug-likeness (QED) is 0.838. The van der Waals surface area contributed by atoms with Gasteiger partial charge in [-0.25, -0.2) is 4.79 Å². The van der Waals surface area contributed by atoms with E-state index in [2.05, 4.69) is 5.32 Å². The average molecular weight is 240 g/mol. The molecule has 0 bridgehead atoms. The molecule has 0 spiro atoms. The van der Waals surface area contributed by atoms with Crippen molar-refractivity contribution < 1.29 is 9.59 Å². The number of hydrogen-bond acceptors (Lipinski definition) is 2. The van der Waals surface area contributed by atoms with Gasteiger partial charge in [0.2, 0.25) is 6.41 Å². The molecule has 0 aliphatic heterocycles. The lowest BCUT2D eigenvalue weighted by molar-refractivity contribution is -0.108. The van der Waals surface area contributed by atoms with Crippen LogP contribution in [0.4, 0.5) is 16.2 Å². The molecule has 4 heteroatoms. The van der Waals surface area contributed by atoms with E-state index >= 15 is 0 Å². The van der Waals surface area contributed by atoms with Gasteiger partial charge in [0.15, 0.2) is 0 Å². The Kier molecular flexibility index (Phi) is 3.71. The van der Waals surface area contributed by atoms with Gasteiger partial charge in [-0.1, -0.05) is 36.4 Å². The molecule has 0 atom stereocenters. The van der Waals surface area contributed by atoms with Gasteiger partial charge in [0.25, 0.3) is 0 Å². The minimum Gasteiger partial charge on any atom is -0.280 e. The van der Waals surface area contributed by atoms with Crippen LogP contribution in [-0.2, 0) is 4.79 Å². The summed E-state index contributed by atoms with van der Waals surface area (Å²) in [5.74, 6) is 0. The van der Waals surface area contributed by atoms with Crippen molar-refractivity contribution in [2.75, 3.05) is 4.90 Å². The Balaban J connectivity index is 2.41. The number of carbonyl (C=O) groups excluding carboxylic acids is 2. The predicted octanol–water partition coefficient (Wildman–Crippen LogP) is 2.69. The first-order chi connectivity index (χ1) is 8.83. The molecule has 0 heterocycles. The number of hydrogen-bond donors (Lipinski definition) is 1. The van der Waals surface area contributed by atoms with E-state index in [1.54, 1.807) is 24.3 Å². The van der Waals surface area contributed by atoms with E-state index in [0.717, 1.165) is 0 Å². The Morgan fingerprint density at radius 1 is 0.889 bits per heavy atom. The Morgan fingerprint density at radius 2 is 1.33 bits per heavy atom. The number of para-hydroxylation sites is 2. The van der Waals surface area contributed by atoms with Crippen LogP contribution < -0.4 is 10.2 Å². The van der Waals surface area contributed by atoms with Crippen molar-refractivity contribution in [3.63, 3.8) is 0 Å². The number of rotatable bonds is 3. The lowest BCUT2D eigenvalue weighted by Crippen LogP contribution is -2.35. The molecular formula is C14H12N2O2. The van der Waals surface area contributed by atoms with Gasteiger partial charge in [-0.3, -0.25) is 15.0 Å². The molecule has 18 heavy (non-hydrogen) atoms. The fraction of sp³-hybridized carbons (Fsp3) is 0. The Bertz CT molecular complexity index is 487. The van der Waals surface area contributed by atoms with Crippen LogP contribution in [0.25, 0.3) is 0 Å². The molecular weight excluding hydrogens is 228 g/mol. The molecule has 3 amide bonds. The minimum absolute atomic E-state index is 0.376. The summed E-state index contributed by atoms with van der Waals surface area (Å²) in [6.07, 6.45) is 0.376. The molecule has 0 fully saturated rings. The highest BCUT2D eigenvalue weighted by Gasteiger charge is 2.16. The SMILES string of the molecule is O=CNC(=O)N(c1ccccc1)c1ccccc1. The molecule has 0 saturated carbocycles. The van der Waals surface area contributed by atoms with E-state index in [9.17, 15) is 9.59 Å². The van der Waals surface area contributed by atoms with E-state index in [1.165, 1.54) is 4.90 Å². The van der Waals surface area contributed by atoms with Crippen LogP contribution in [-0.4, -0.2) is 12.4 Å². The van der Waals surface area contributed by atoms with E-state index in [4.69, 9.17) is 0 Å². The highest BCUT2D eigenvalue weighted by Crippen LogP contribution is 2.24. The van der Waals surface area contributed by atoms with Gasteiger partial charge in [-0.2, -0.15) is 0 Å². The molecule has 2 aromatic rings. The highest BCUT2D eigenvalue weighted by atomic mass is 16.2. The number of anilines is 2. The Labute approximate surface area is 105 Å². The maximum Gasteiger partial charge on any atom is 0.332 e. The zero-order valence-electron chi connectivity index (χ0n) is 9.61. The molecule has 0 radical (unpaired) electrons. The maximum absolute atomic E-state index is 11.9. The zero-order chi connectivity index (χ0) is 12.8. The van der Waals surface area contributed by atoms with Gasteiger partial charge in [0.1, 0.15) is 0 Å². The van der Waals surface area contributed by atoms with E-state index in [-0.39, 0.29) is 0 Å². The van der Waals surface area contributed by atoms with Crippen LogP contribution in [0.1, 0.15) is 0 Å². The highest BCUT2D eigenvalue weighted by molar-refractivity contribution is 6.03. The molecule has 2 aromatic carbocycles. The van der Waals surface area contributed by atoms with Gasteiger partial charge in [0, 0.05) is 0 Å². The number of amides is 3. The molecule has 1 N–H and O–H groups in total. The van der Waals surface area contributed by atoms with Crippen molar-refractivity contribution in [3.8, 4) is 0 Å². The largest absolute Gasteiger partial charge is 0.332 e. The second-order valence-electron chi connectivity index (χ2n) is 3.57. The van der Waals surface area contributed by atoms with E-state index < -0.39 is 6.03 Å². The predicted molar refractivity (Wildman–Crippen MR) is 69.6 cm³/mol. The second kappa shape index (κ2) is 5.63. The minimum atomic E-state index is -0.484. The number of carbonyl (C=O) groups is 2. The summed E-state index contributed by atoms with van der Waals surface area (Å²) in [5.41, 5.74) is 1.39. The first kappa shape index (κ1) is 11.9. The van der Waals surface area contributed by atoms with Crippen LogP contribution in [0.15, 0.2) is 60.7 Å². The number of nitrogens with one attached hydrogen (secondary N) is 1. The number of imide groups is 1. The molecule has 0 saturated heterocycles. The number of benzene rings is 2. The van der Waals surface area contributed by atoms with E-state index in [0.29, 0.717) is 17.8 Å². The van der Waals surface area contributed by atoms with Crippen LogP contribution >= 0.6 is 0 Å². The fourth-order valence-electron chi connectivity index (χ4n) is 1.65. The molecule has 4 nitrogen and oxygen atoms in total. The van der Waals surface area contributed by atoms with Crippen molar-refractivity contribution in [1.29, 1.82) is 0 Å². The van der Waals surface area contributed by atoms with Crippen molar-refractivity contribution >= 4 is 23.8 Å². The summed E-state index contributed by atoms with van der Waals surface area (Å²) in [4.78, 5) is 23.8. The van der Waals surface area contributed by atoms with Crippen molar-refractivity contribution in [2.45, 2.75) is 0 Å².